The van der Waals surface area contributed by atoms with E-state index in [0.717, 1.165) is 72.5 Å². The van der Waals surface area contributed by atoms with Crippen molar-refractivity contribution in [1.29, 1.82) is 0 Å². The van der Waals surface area contributed by atoms with E-state index in [9.17, 15) is 0 Å². The molecule has 0 aliphatic carbocycles. The molecule has 0 saturated heterocycles. The Balaban J connectivity index is 0.919. The molecule has 0 unspecified atom stereocenters. The number of benzene rings is 10. The number of furan rings is 1. The Bertz CT molecular complexity index is 3560. The Hall–Kier alpha value is -8.40. The third-order valence-corrected chi connectivity index (χ3v) is 12.4. The van der Waals surface area contributed by atoms with Crippen molar-refractivity contribution in [3.63, 3.8) is 0 Å². The van der Waals surface area contributed by atoms with E-state index >= 15 is 0 Å². The van der Waals surface area contributed by atoms with Gasteiger partial charge in [0.25, 0.3) is 0 Å². The minimum atomic E-state index is 0.903. The molecule has 12 aromatic rings. The van der Waals surface area contributed by atoms with Crippen molar-refractivity contribution >= 4 is 60.8 Å². The zero-order chi connectivity index (χ0) is 41.7. The van der Waals surface area contributed by atoms with Crippen molar-refractivity contribution in [2.45, 2.75) is 0 Å². The Morgan fingerprint density at radius 2 is 0.778 bits per heavy atom. The molecule has 296 valence electrons. The van der Waals surface area contributed by atoms with Gasteiger partial charge in [0, 0.05) is 44.2 Å². The Morgan fingerprint density at radius 3 is 1.51 bits per heavy atom. The molecule has 0 N–H and O–H groups in total. The average Bonchev–Trinajstić information content (AvgIpc) is 3.90. The second-order valence-corrected chi connectivity index (χ2v) is 16.1. The van der Waals surface area contributed by atoms with Crippen LogP contribution < -0.4 is 4.90 Å². The predicted octanol–water partition coefficient (Wildman–Crippen LogP) is 16.8. The van der Waals surface area contributed by atoms with Crippen molar-refractivity contribution in [1.82, 2.24) is 4.57 Å². The van der Waals surface area contributed by atoms with Gasteiger partial charge in [-0.05, 0) is 118 Å². The summed E-state index contributed by atoms with van der Waals surface area (Å²) in [4.78, 5) is 2.36. The topological polar surface area (TPSA) is 21.3 Å². The van der Waals surface area contributed by atoms with Gasteiger partial charge in [-0.25, -0.2) is 0 Å². The van der Waals surface area contributed by atoms with E-state index in [1.54, 1.807) is 0 Å². The van der Waals surface area contributed by atoms with Crippen LogP contribution in [0.5, 0.6) is 0 Å². The number of rotatable bonds is 8. The van der Waals surface area contributed by atoms with Crippen LogP contribution >= 0.6 is 0 Å². The predicted molar refractivity (Wildman–Crippen MR) is 264 cm³/mol. The summed E-state index contributed by atoms with van der Waals surface area (Å²) < 4.78 is 8.65. The van der Waals surface area contributed by atoms with Crippen LogP contribution in [0.2, 0.25) is 0 Å². The fourth-order valence-electron chi connectivity index (χ4n) is 9.37. The summed E-state index contributed by atoms with van der Waals surface area (Å²) in [6, 6.07) is 87.1. The quantitative estimate of drug-likeness (QED) is 0.153. The normalized spacial score (nSPS) is 11.5. The molecule has 63 heavy (non-hydrogen) atoms. The van der Waals surface area contributed by atoms with E-state index in [2.05, 4.69) is 240 Å². The highest BCUT2D eigenvalue weighted by Crippen LogP contribution is 2.41. The summed E-state index contributed by atoms with van der Waals surface area (Å²) in [6.45, 7) is 0. The molecule has 0 aliphatic rings. The summed E-state index contributed by atoms with van der Waals surface area (Å²) >= 11 is 0. The maximum Gasteiger partial charge on any atom is 0.136 e. The first-order valence-corrected chi connectivity index (χ1v) is 21.5. The van der Waals surface area contributed by atoms with E-state index < -0.39 is 0 Å². The highest BCUT2D eigenvalue weighted by atomic mass is 16.3. The number of hydrogen-bond donors (Lipinski definition) is 0. The average molecular weight is 805 g/mol. The van der Waals surface area contributed by atoms with E-state index in [1.165, 1.54) is 38.5 Å². The second-order valence-electron chi connectivity index (χ2n) is 16.1. The number of para-hydroxylation sites is 4. The van der Waals surface area contributed by atoms with Gasteiger partial charge in [0.05, 0.1) is 16.7 Å². The molecule has 3 heteroatoms. The van der Waals surface area contributed by atoms with Gasteiger partial charge in [-0.1, -0.05) is 164 Å². The van der Waals surface area contributed by atoms with Gasteiger partial charge in [0.15, 0.2) is 0 Å². The fourth-order valence-corrected chi connectivity index (χ4v) is 9.37. The van der Waals surface area contributed by atoms with E-state index in [4.69, 9.17) is 4.42 Å². The second kappa shape index (κ2) is 15.3. The molecule has 0 fully saturated rings. The maximum absolute atomic E-state index is 6.24. The lowest BCUT2D eigenvalue weighted by Gasteiger charge is -2.26. The third-order valence-electron chi connectivity index (χ3n) is 12.4. The van der Waals surface area contributed by atoms with Gasteiger partial charge >= 0.3 is 0 Å². The Kier molecular flexibility index (Phi) is 8.83. The summed E-state index contributed by atoms with van der Waals surface area (Å²) in [5.41, 5.74) is 17.9. The van der Waals surface area contributed by atoms with Gasteiger partial charge in [0.1, 0.15) is 11.2 Å². The van der Waals surface area contributed by atoms with E-state index in [1.807, 2.05) is 12.1 Å². The van der Waals surface area contributed by atoms with Gasteiger partial charge in [-0.15, -0.1) is 0 Å². The Labute approximate surface area is 366 Å². The number of nitrogens with zero attached hydrogens (tertiary/aromatic N) is 2. The van der Waals surface area contributed by atoms with Crippen molar-refractivity contribution in [2.75, 3.05) is 4.90 Å². The van der Waals surface area contributed by atoms with Crippen LogP contribution in [0.1, 0.15) is 0 Å². The van der Waals surface area contributed by atoms with Gasteiger partial charge in [-0.2, -0.15) is 0 Å². The third kappa shape index (κ3) is 6.46. The number of anilines is 3. The minimum Gasteiger partial charge on any atom is -0.456 e. The van der Waals surface area contributed by atoms with Crippen molar-refractivity contribution in [3.8, 4) is 50.2 Å². The number of fused-ring (bicyclic) bond motifs is 6. The summed E-state index contributed by atoms with van der Waals surface area (Å²) in [6.07, 6.45) is 0. The fraction of sp³-hybridized carbons (Fsp3) is 0. The van der Waals surface area contributed by atoms with Crippen LogP contribution in [0, 0.1) is 0 Å². The maximum atomic E-state index is 6.24. The highest BCUT2D eigenvalue weighted by molar-refractivity contribution is 6.10. The van der Waals surface area contributed by atoms with Gasteiger partial charge in [-0.3, -0.25) is 0 Å². The first-order chi connectivity index (χ1) is 31.2. The first kappa shape index (κ1) is 36.5. The standard InChI is InChI=1S/C60H40N2O/c1-2-14-41(15-3-1)46-18-13-19-50(39-46)61(48-33-28-42(29-34-48)44-16-12-17-45(38-44)47-32-37-55-54-23-7-11-27-59(54)63-60(55)40-47)49-35-30-43(31-36-49)51-20-4-8-24-56(51)62-57-25-9-5-21-52(57)53-22-6-10-26-58(53)62/h1-40H. The first-order valence-electron chi connectivity index (χ1n) is 21.5. The largest absolute Gasteiger partial charge is 0.456 e. The SMILES string of the molecule is c1ccc(-c2cccc(N(c3ccc(-c4cccc(-c5ccc6c(c5)oc5ccccc56)c4)cc3)c3ccc(-c4ccccc4-n4c5ccccc5c5ccccc54)cc3)c2)cc1. The molecule has 0 amide bonds. The highest BCUT2D eigenvalue weighted by Gasteiger charge is 2.18. The number of aromatic nitrogens is 1. The summed E-state index contributed by atoms with van der Waals surface area (Å²) in [5.74, 6) is 0. The summed E-state index contributed by atoms with van der Waals surface area (Å²) in [5, 5.41) is 4.79. The lowest BCUT2D eigenvalue weighted by atomic mass is 9.98. The van der Waals surface area contributed by atoms with Crippen LogP contribution in [-0.4, -0.2) is 4.57 Å². The van der Waals surface area contributed by atoms with Crippen LogP contribution in [0.4, 0.5) is 17.1 Å². The Morgan fingerprint density at radius 1 is 0.286 bits per heavy atom. The van der Waals surface area contributed by atoms with E-state index in [0.29, 0.717) is 0 Å². The lowest BCUT2D eigenvalue weighted by molar-refractivity contribution is 0.669. The van der Waals surface area contributed by atoms with Crippen LogP contribution in [0.15, 0.2) is 247 Å². The molecule has 0 atom stereocenters. The molecular weight excluding hydrogens is 765 g/mol. The smallest absolute Gasteiger partial charge is 0.136 e. The van der Waals surface area contributed by atoms with Gasteiger partial charge in [0.2, 0.25) is 0 Å². The molecular formula is C60H40N2O. The molecule has 0 bridgehead atoms. The van der Waals surface area contributed by atoms with Crippen molar-refractivity contribution in [2.24, 2.45) is 0 Å². The minimum absolute atomic E-state index is 0.903. The molecule has 0 radical (unpaired) electrons. The van der Waals surface area contributed by atoms with Crippen molar-refractivity contribution in [3.05, 3.63) is 243 Å². The van der Waals surface area contributed by atoms with Crippen LogP contribution in [0.3, 0.4) is 0 Å². The number of hydrogen-bond acceptors (Lipinski definition) is 2. The molecule has 12 rings (SSSR count). The van der Waals surface area contributed by atoms with Crippen molar-refractivity contribution < 1.29 is 4.42 Å². The van der Waals surface area contributed by atoms with Crippen LogP contribution in [0.25, 0.3) is 93.9 Å². The lowest BCUT2D eigenvalue weighted by Crippen LogP contribution is -2.10. The molecule has 0 saturated carbocycles. The van der Waals surface area contributed by atoms with Gasteiger partial charge < -0.3 is 13.9 Å². The molecule has 2 aromatic heterocycles. The molecule has 0 spiro atoms. The molecule has 3 nitrogen and oxygen atoms in total. The molecule has 10 aromatic carbocycles. The molecule has 0 aliphatic heterocycles. The zero-order valence-electron chi connectivity index (χ0n) is 34.4. The zero-order valence-corrected chi connectivity index (χ0v) is 34.4. The van der Waals surface area contributed by atoms with Crippen LogP contribution in [-0.2, 0) is 0 Å². The van der Waals surface area contributed by atoms with E-state index in [-0.39, 0.29) is 0 Å². The molecule has 2 heterocycles. The monoisotopic (exact) mass is 804 g/mol. The summed E-state index contributed by atoms with van der Waals surface area (Å²) in [7, 11) is 0.